The number of aromatic nitrogens is 2. The zero-order valence-electron chi connectivity index (χ0n) is 12.2. The van der Waals surface area contributed by atoms with Crippen LogP contribution in [0.1, 0.15) is 0 Å². The van der Waals surface area contributed by atoms with Crippen LogP contribution < -0.4 is 4.74 Å². The predicted molar refractivity (Wildman–Crippen MR) is 89.0 cm³/mol. The summed E-state index contributed by atoms with van der Waals surface area (Å²) in [5, 5.41) is 3.33. The van der Waals surface area contributed by atoms with Gasteiger partial charge in [-0.05, 0) is 22.9 Å². The van der Waals surface area contributed by atoms with Crippen molar-refractivity contribution in [1.29, 1.82) is 0 Å². The van der Waals surface area contributed by atoms with E-state index >= 15 is 0 Å². The van der Waals surface area contributed by atoms with Crippen molar-refractivity contribution in [2.75, 3.05) is 7.11 Å². The molecular formula is C19H14N2O. The molecule has 0 fully saturated rings. The molecule has 0 aliphatic rings. The second-order valence-electron chi connectivity index (χ2n) is 5.10. The van der Waals surface area contributed by atoms with E-state index in [0.717, 1.165) is 33.3 Å². The molecule has 0 saturated heterocycles. The van der Waals surface area contributed by atoms with Gasteiger partial charge in [0.25, 0.3) is 0 Å². The van der Waals surface area contributed by atoms with Crippen LogP contribution in [-0.2, 0) is 0 Å². The number of rotatable bonds is 2. The fourth-order valence-corrected chi connectivity index (χ4v) is 2.87. The first kappa shape index (κ1) is 12.8. The molecule has 106 valence electrons. The van der Waals surface area contributed by atoms with Crippen molar-refractivity contribution in [3.63, 3.8) is 0 Å². The summed E-state index contributed by atoms with van der Waals surface area (Å²) in [5.41, 5.74) is 2.85. The van der Waals surface area contributed by atoms with Gasteiger partial charge in [0.1, 0.15) is 12.1 Å². The summed E-state index contributed by atoms with van der Waals surface area (Å²) in [5.74, 6) is 0.822. The lowest BCUT2D eigenvalue weighted by atomic mass is 9.98. The molecule has 1 aromatic heterocycles. The highest BCUT2D eigenvalue weighted by atomic mass is 16.5. The number of benzene rings is 3. The van der Waals surface area contributed by atoms with E-state index in [1.54, 1.807) is 13.4 Å². The van der Waals surface area contributed by atoms with Crippen LogP contribution in [0.2, 0.25) is 0 Å². The highest BCUT2D eigenvalue weighted by Gasteiger charge is 2.14. The van der Waals surface area contributed by atoms with E-state index in [1.807, 2.05) is 42.5 Å². The van der Waals surface area contributed by atoms with Gasteiger partial charge in [0.2, 0.25) is 0 Å². The smallest absolute Gasteiger partial charge is 0.128 e. The summed E-state index contributed by atoms with van der Waals surface area (Å²) >= 11 is 0. The number of ether oxygens (including phenoxy) is 1. The molecule has 0 aliphatic carbocycles. The van der Waals surface area contributed by atoms with Gasteiger partial charge in [-0.2, -0.15) is 0 Å². The van der Waals surface area contributed by atoms with Gasteiger partial charge in [0.15, 0.2) is 0 Å². The minimum absolute atomic E-state index is 0.822. The van der Waals surface area contributed by atoms with Crippen LogP contribution in [-0.4, -0.2) is 17.1 Å². The van der Waals surface area contributed by atoms with Crippen molar-refractivity contribution in [3.8, 4) is 17.0 Å². The Bertz CT molecular complexity index is 974. The molecule has 3 heteroatoms. The van der Waals surface area contributed by atoms with E-state index < -0.39 is 0 Å². The summed E-state index contributed by atoms with van der Waals surface area (Å²) in [6.07, 6.45) is 1.61. The van der Waals surface area contributed by atoms with Crippen molar-refractivity contribution in [2.45, 2.75) is 0 Å². The third-order valence-electron chi connectivity index (χ3n) is 3.89. The minimum atomic E-state index is 0.822. The number of fused-ring (bicyclic) bond motifs is 2. The molecule has 3 nitrogen and oxygen atoms in total. The fraction of sp³-hybridized carbons (Fsp3) is 0.0526. The van der Waals surface area contributed by atoms with Gasteiger partial charge in [-0.25, -0.2) is 9.97 Å². The normalized spacial score (nSPS) is 11.0. The lowest BCUT2D eigenvalue weighted by molar-refractivity contribution is 0.417. The molecule has 0 atom stereocenters. The first-order chi connectivity index (χ1) is 10.9. The van der Waals surface area contributed by atoms with Gasteiger partial charge < -0.3 is 4.74 Å². The maximum Gasteiger partial charge on any atom is 0.128 e. The van der Waals surface area contributed by atoms with Gasteiger partial charge in [-0.1, -0.05) is 48.5 Å². The van der Waals surface area contributed by atoms with E-state index in [0.29, 0.717) is 0 Å². The van der Waals surface area contributed by atoms with Crippen LogP contribution in [0.3, 0.4) is 0 Å². The molecule has 1 heterocycles. The summed E-state index contributed by atoms with van der Waals surface area (Å²) in [7, 11) is 1.69. The molecule has 0 spiro atoms. The van der Waals surface area contributed by atoms with Gasteiger partial charge in [-0.15, -0.1) is 0 Å². The number of hydrogen-bond acceptors (Lipinski definition) is 3. The number of hydrogen-bond donors (Lipinski definition) is 0. The van der Waals surface area contributed by atoms with Crippen LogP contribution >= 0.6 is 0 Å². The lowest BCUT2D eigenvalue weighted by Gasteiger charge is -2.13. The highest BCUT2D eigenvalue weighted by molar-refractivity contribution is 6.05. The van der Waals surface area contributed by atoms with Crippen molar-refractivity contribution >= 4 is 21.7 Å². The van der Waals surface area contributed by atoms with E-state index in [9.17, 15) is 0 Å². The molecule has 0 unspecified atom stereocenters. The third-order valence-corrected chi connectivity index (χ3v) is 3.89. The van der Waals surface area contributed by atoms with Crippen LogP contribution in [0.5, 0.6) is 5.75 Å². The van der Waals surface area contributed by atoms with Crippen LogP contribution in [0.25, 0.3) is 32.9 Å². The minimum Gasteiger partial charge on any atom is -0.496 e. The van der Waals surface area contributed by atoms with Crippen LogP contribution in [0, 0.1) is 0 Å². The predicted octanol–water partition coefficient (Wildman–Crippen LogP) is 4.46. The van der Waals surface area contributed by atoms with E-state index in [-0.39, 0.29) is 0 Å². The maximum atomic E-state index is 5.60. The first-order valence-electron chi connectivity index (χ1n) is 7.14. The third kappa shape index (κ3) is 1.91. The van der Waals surface area contributed by atoms with Crippen molar-refractivity contribution < 1.29 is 4.74 Å². The number of para-hydroxylation sites is 1. The van der Waals surface area contributed by atoms with E-state index in [4.69, 9.17) is 4.74 Å². The highest BCUT2D eigenvalue weighted by Crippen LogP contribution is 2.38. The SMILES string of the molecule is COc1ccc2ccccc2c1-c1ncnc2ccccc12. The molecule has 4 rings (SSSR count). The average Bonchev–Trinajstić information content (AvgIpc) is 2.60. The molecule has 0 amide bonds. The van der Waals surface area contributed by atoms with Gasteiger partial charge in [0, 0.05) is 5.39 Å². The number of methoxy groups -OCH3 is 1. The largest absolute Gasteiger partial charge is 0.496 e. The number of nitrogens with zero attached hydrogens (tertiary/aromatic N) is 2. The molecule has 3 aromatic carbocycles. The van der Waals surface area contributed by atoms with Gasteiger partial charge >= 0.3 is 0 Å². The second-order valence-corrected chi connectivity index (χ2v) is 5.10. The topological polar surface area (TPSA) is 35.0 Å². The monoisotopic (exact) mass is 286 g/mol. The van der Waals surface area contributed by atoms with Crippen molar-refractivity contribution in [3.05, 3.63) is 67.0 Å². The Kier molecular flexibility index (Phi) is 2.97. The molecule has 0 saturated carbocycles. The Morgan fingerprint density at radius 1 is 0.773 bits per heavy atom. The summed E-state index contributed by atoms with van der Waals surface area (Å²) in [6, 6.07) is 20.4. The van der Waals surface area contributed by atoms with E-state index in [1.165, 1.54) is 5.39 Å². The molecule has 0 N–H and O–H groups in total. The molecule has 4 aromatic rings. The molecule has 22 heavy (non-hydrogen) atoms. The molecule has 0 radical (unpaired) electrons. The zero-order valence-corrected chi connectivity index (χ0v) is 12.2. The Morgan fingerprint density at radius 3 is 2.41 bits per heavy atom. The second kappa shape index (κ2) is 5.11. The standard InChI is InChI=1S/C19H14N2O/c1-22-17-11-10-13-6-2-3-7-14(13)18(17)19-15-8-4-5-9-16(15)20-12-21-19/h2-12H,1H3. The van der Waals surface area contributed by atoms with Crippen LogP contribution in [0.4, 0.5) is 0 Å². The molecule has 0 bridgehead atoms. The summed E-state index contributed by atoms with van der Waals surface area (Å²) < 4.78 is 5.60. The fourth-order valence-electron chi connectivity index (χ4n) is 2.87. The van der Waals surface area contributed by atoms with Crippen molar-refractivity contribution in [2.24, 2.45) is 0 Å². The molecular weight excluding hydrogens is 272 g/mol. The maximum absolute atomic E-state index is 5.60. The zero-order chi connectivity index (χ0) is 14.9. The summed E-state index contributed by atoms with van der Waals surface area (Å²) in [6.45, 7) is 0. The van der Waals surface area contributed by atoms with Crippen molar-refractivity contribution in [1.82, 2.24) is 9.97 Å². The quantitative estimate of drug-likeness (QED) is 0.545. The van der Waals surface area contributed by atoms with Gasteiger partial charge in [0.05, 0.1) is 23.9 Å². The lowest BCUT2D eigenvalue weighted by Crippen LogP contribution is -1.94. The average molecular weight is 286 g/mol. The Morgan fingerprint density at radius 2 is 1.55 bits per heavy atom. The van der Waals surface area contributed by atoms with E-state index in [2.05, 4.69) is 28.2 Å². The van der Waals surface area contributed by atoms with Crippen LogP contribution in [0.15, 0.2) is 67.0 Å². The van der Waals surface area contributed by atoms with Gasteiger partial charge in [-0.3, -0.25) is 0 Å². The molecule has 0 aliphatic heterocycles. The Hall–Kier alpha value is -2.94. The summed E-state index contributed by atoms with van der Waals surface area (Å²) in [4.78, 5) is 8.90. The Labute approximate surface area is 128 Å². The Balaban J connectivity index is 2.16. The first-order valence-corrected chi connectivity index (χ1v) is 7.14.